The zero-order chi connectivity index (χ0) is 10.2. The molecule has 14 heavy (non-hydrogen) atoms. The normalized spacial score (nSPS) is 16.9. The topological polar surface area (TPSA) is 56.1 Å². The standard InChI is InChI=1S/C10H17N3O/c11-6-5-7-12-10(14)13-8-3-1-2-4-9-13/h1-5,7-9H2,(H,12,14). The van der Waals surface area contributed by atoms with Gasteiger partial charge in [0.1, 0.15) is 0 Å². The van der Waals surface area contributed by atoms with Crippen molar-refractivity contribution >= 4 is 6.03 Å². The van der Waals surface area contributed by atoms with Gasteiger partial charge >= 0.3 is 6.03 Å². The Morgan fingerprint density at radius 3 is 2.50 bits per heavy atom. The molecule has 0 saturated carbocycles. The monoisotopic (exact) mass is 195 g/mol. The van der Waals surface area contributed by atoms with E-state index in [2.05, 4.69) is 5.32 Å². The van der Waals surface area contributed by atoms with Gasteiger partial charge < -0.3 is 10.2 Å². The molecule has 0 unspecified atom stereocenters. The lowest BCUT2D eigenvalue weighted by Gasteiger charge is -2.20. The molecule has 0 radical (unpaired) electrons. The minimum absolute atomic E-state index is 0.0119. The van der Waals surface area contributed by atoms with E-state index in [0.717, 1.165) is 25.9 Å². The van der Waals surface area contributed by atoms with Gasteiger partial charge in [-0.05, 0) is 12.8 Å². The number of carbonyl (C=O) groups excluding carboxylic acids is 1. The summed E-state index contributed by atoms with van der Waals surface area (Å²) in [6.45, 7) is 2.18. The molecule has 0 spiro atoms. The van der Waals surface area contributed by atoms with Crippen molar-refractivity contribution in [3.05, 3.63) is 0 Å². The number of nitrogens with one attached hydrogen (secondary N) is 1. The highest BCUT2D eigenvalue weighted by molar-refractivity contribution is 5.74. The fourth-order valence-corrected chi connectivity index (χ4v) is 1.61. The van der Waals surface area contributed by atoms with Crippen LogP contribution in [-0.2, 0) is 0 Å². The van der Waals surface area contributed by atoms with Crippen LogP contribution in [0.4, 0.5) is 4.79 Å². The molecular weight excluding hydrogens is 178 g/mol. The van der Waals surface area contributed by atoms with Gasteiger partial charge in [0.05, 0.1) is 12.5 Å². The quantitative estimate of drug-likeness (QED) is 0.678. The van der Waals surface area contributed by atoms with Crippen LogP contribution in [0.25, 0.3) is 0 Å². The number of likely N-dealkylation sites (tertiary alicyclic amines) is 1. The summed E-state index contributed by atoms with van der Waals surface area (Å²) in [7, 11) is 0. The van der Waals surface area contributed by atoms with Gasteiger partial charge in [-0.25, -0.2) is 4.79 Å². The first kappa shape index (κ1) is 10.8. The third kappa shape index (κ3) is 3.65. The smallest absolute Gasteiger partial charge is 0.317 e. The lowest BCUT2D eigenvalue weighted by Crippen LogP contribution is -2.40. The molecule has 0 aromatic rings. The largest absolute Gasteiger partial charge is 0.337 e. The Bertz CT molecular complexity index is 214. The molecule has 0 aromatic carbocycles. The van der Waals surface area contributed by atoms with Crippen LogP contribution in [0, 0.1) is 11.3 Å². The molecule has 1 heterocycles. The maximum absolute atomic E-state index is 11.5. The molecule has 1 aliphatic rings. The van der Waals surface area contributed by atoms with Crippen molar-refractivity contribution in [1.29, 1.82) is 5.26 Å². The maximum Gasteiger partial charge on any atom is 0.317 e. The molecular formula is C10H17N3O. The number of rotatable bonds is 2. The number of nitrogens with zero attached hydrogens (tertiary/aromatic N) is 2. The van der Waals surface area contributed by atoms with E-state index in [0.29, 0.717) is 13.0 Å². The van der Waals surface area contributed by atoms with Crippen LogP contribution in [0.1, 0.15) is 32.1 Å². The Labute approximate surface area is 84.9 Å². The van der Waals surface area contributed by atoms with Crippen LogP contribution in [0.2, 0.25) is 0 Å². The third-order valence-electron chi connectivity index (χ3n) is 2.41. The Kier molecular flexibility index (Phi) is 4.84. The first-order chi connectivity index (χ1) is 6.84. The van der Waals surface area contributed by atoms with Crippen LogP contribution in [-0.4, -0.2) is 30.6 Å². The first-order valence-electron chi connectivity index (χ1n) is 5.24. The van der Waals surface area contributed by atoms with E-state index in [-0.39, 0.29) is 6.03 Å². The minimum Gasteiger partial charge on any atom is -0.337 e. The average molecular weight is 195 g/mol. The molecule has 1 fully saturated rings. The SMILES string of the molecule is N#CCCNC(=O)N1CCCCCC1. The predicted molar refractivity (Wildman–Crippen MR) is 53.7 cm³/mol. The Morgan fingerprint density at radius 1 is 1.29 bits per heavy atom. The highest BCUT2D eigenvalue weighted by Crippen LogP contribution is 2.09. The van der Waals surface area contributed by atoms with Crippen molar-refractivity contribution in [2.45, 2.75) is 32.1 Å². The molecule has 1 N–H and O–H groups in total. The fourth-order valence-electron chi connectivity index (χ4n) is 1.61. The van der Waals surface area contributed by atoms with Gasteiger partial charge in [-0.2, -0.15) is 5.26 Å². The predicted octanol–water partition coefficient (Wildman–Crippen LogP) is 1.49. The van der Waals surface area contributed by atoms with Crippen molar-refractivity contribution in [3.63, 3.8) is 0 Å². The van der Waals surface area contributed by atoms with E-state index in [1.54, 1.807) is 0 Å². The average Bonchev–Trinajstić information content (AvgIpc) is 2.46. The van der Waals surface area contributed by atoms with Crippen LogP contribution in [0.5, 0.6) is 0 Å². The fraction of sp³-hybridized carbons (Fsp3) is 0.800. The van der Waals surface area contributed by atoms with E-state index in [1.807, 2.05) is 11.0 Å². The molecule has 4 nitrogen and oxygen atoms in total. The molecule has 4 heteroatoms. The molecule has 1 rings (SSSR count). The Balaban J connectivity index is 2.24. The van der Waals surface area contributed by atoms with Crippen molar-refractivity contribution in [3.8, 4) is 6.07 Å². The minimum atomic E-state index is -0.0119. The maximum atomic E-state index is 11.5. The van der Waals surface area contributed by atoms with Gasteiger partial charge in [0, 0.05) is 19.6 Å². The highest BCUT2D eigenvalue weighted by Gasteiger charge is 2.14. The second-order valence-electron chi connectivity index (χ2n) is 3.54. The van der Waals surface area contributed by atoms with Gasteiger partial charge in [0.25, 0.3) is 0 Å². The van der Waals surface area contributed by atoms with Gasteiger partial charge in [-0.15, -0.1) is 0 Å². The van der Waals surface area contributed by atoms with E-state index in [4.69, 9.17) is 5.26 Å². The summed E-state index contributed by atoms with van der Waals surface area (Å²) in [6.07, 6.45) is 5.04. The van der Waals surface area contributed by atoms with Gasteiger partial charge in [-0.3, -0.25) is 0 Å². The number of nitriles is 1. The zero-order valence-electron chi connectivity index (χ0n) is 8.46. The van der Waals surface area contributed by atoms with E-state index >= 15 is 0 Å². The summed E-state index contributed by atoms with van der Waals surface area (Å²) < 4.78 is 0. The lowest BCUT2D eigenvalue weighted by molar-refractivity contribution is 0.200. The lowest BCUT2D eigenvalue weighted by atomic mass is 10.2. The van der Waals surface area contributed by atoms with Crippen molar-refractivity contribution in [1.82, 2.24) is 10.2 Å². The van der Waals surface area contributed by atoms with Crippen LogP contribution in [0.15, 0.2) is 0 Å². The molecule has 0 aromatic heterocycles. The first-order valence-corrected chi connectivity index (χ1v) is 5.24. The second kappa shape index (κ2) is 6.25. The van der Waals surface area contributed by atoms with E-state index < -0.39 is 0 Å². The second-order valence-corrected chi connectivity index (χ2v) is 3.54. The zero-order valence-corrected chi connectivity index (χ0v) is 8.46. The van der Waals surface area contributed by atoms with Crippen LogP contribution in [0.3, 0.4) is 0 Å². The van der Waals surface area contributed by atoms with Crippen LogP contribution < -0.4 is 5.32 Å². The molecule has 2 amide bonds. The molecule has 0 aliphatic carbocycles. The molecule has 0 atom stereocenters. The summed E-state index contributed by atoms with van der Waals surface area (Å²) in [5, 5.41) is 11.1. The summed E-state index contributed by atoms with van der Waals surface area (Å²) >= 11 is 0. The summed E-state index contributed by atoms with van der Waals surface area (Å²) in [4.78, 5) is 13.4. The molecule has 1 aliphatic heterocycles. The summed E-state index contributed by atoms with van der Waals surface area (Å²) in [5.41, 5.74) is 0. The van der Waals surface area contributed by atoms with Gasteiger partial charge in [0.2, 0.25) is 0 Å². The summed E-state index contributed by atoms with van der Waals surface area (Å²) in [5.74, 6) is 0. The Hall–Kier alpha value is -1.24. The third-order valence-corrected chi connectivity index (χ3v) is 2.41. The number of hydrogen-bond acceptors (Lipinski definition) is 2. The number of urea groups is 1. The number of amides is 2. The van der Waals surface area contributed by atoms with Gasteiger partial charge in [-0.1, -0.05) is 12.8 Å². The number of hydrogen-bond donors (Lipinski definition) is 1. The summed E-state index contributed by atoms with van der Waals surface area (Å²) in [6, 6.07) is 1.99. The van der Waals surface area contributed by atoms with E-state index in [1.165, 1.54) is 12.8 Å². The van der Waals surface area contributed by atoms with Crippen molar-refractivity contribution < 1.29 is 4.79 Å². The molecule has 78 valence electrons. The highest BCUT2D eigenvalue weighted by atomic mass is 16.2. The van der Waals surface area contributed by atoms with E-state index in [9.17, 15) is 4.79 Å². The number of carbonyl (C=O) groups is 1. The Morgan fingerprint density at radius 2 is 1.93 bits per heavy atom. The molecule has 1 saturated heterocycles. The van der Waals surface area contributed by atoms with Gasteiger partial charge in [0.15, 0.2) is 0 Å². The van der Waals surface area contributed by atoms with Crippen LogP contribution >= 0.6 is 0 Å². The van der Waals surface area contributed by atoms with Crippen molar-refractivity contribution in [2.24, 2.45) is 0 Å². The molecule has 0 bridgehead atoms. The van der Waals surface area contributed by atoms with Crippen molar-refractivity contribution in [2.75, 3.05) is 19.6 Å².